The zero-order valence-corrected chi connectivity index (χ0v) is 9.63. The number of carbonyl (C=O) groups excluding carboxylic acids is 1. The molecule has 0 amide bonds. The lowest BCUT2D eigenvalue weighted by molar-refractivity contribution is -0.144. The van der Waals surface area contributed by atoms with Gasteiger partial charge in [0.2, 0.25) is 0 Å². The minimum atomic E-state index is -0.469. The molecular weight excluding hydrogens is 232 g/mol. The van der Waals surface area contributed by atoms with Crippen molar-refractivity contribution in [3.63, 3.8) is 0 Å². The summed E-state index contributed by atoms with van der Waals surface area (Å²) in [7, 11) is 0. The van der Waals surface area contributed by atoms with Crippen molar-refractivity contribution < 1.29 is 9.53 Å². The van der Waals surface area contributed by atoms with Gasteiger partial charge in [0, 0.05) is 12.4 Å². The summed E-state index contributed by atoms with van der Waals surface area (Å²) in [6.07, 6.45) is 2.73. The van der Waals surface area contributed by atoms with Crippen molar-refractivity contribution in [3.05, 3.63) is 64.3 Å². The van der Waals surface area contributed by atoms with Crippen molar-refractivity contribution >= 4 is 5.97 Å². The van der Waals surface area contributed by atoms with E-state index in [1.807, 2.05) is 30.3 Å². The van der Waals surface area contributed by atoms with Gasteiger partial charge in [-0.25, -0.2) is 0 Å². The first-order valence-electron chi connectivity index (χ1n) is 5.48. The molecule has 18 heavy (non-hydrogen) atoms. The second-order valence-electron chi connectivity index (χ2n) is 3.69. The number of hydrogen-bond acceptors (Lipinski definition) is 4. The lowest BCUT2D eigenvalue weighted by Gasteiger charge is -2.03. The van der Waals surface area contributed by atoms with Crippen LogP contribution in [0.3, 0.4) is 0 Å². The Morgan fingerprint density at radius 3 is 2.78 bits per heavy atom. The van der Waals surface area contributed by atoms with E-state index in [2.05, 4.69) is 9.97 Å². The van der Waals surface area contributed by atoms with Gasteiger partial charge in [0.15, 0.2) is 0 Å². The molecule has 0 radical (unpaired) electrons. The Hall–Kier alpha value is -2.43. The first-order valence-corrected chi connectivity index (χ1v) is 5.48. The van der Waals surface area contributed by atoms with Crippen molar-refractivity contribution in [2.45, 2.75) is 13.0 Å². The summed E-state index contributed by atoms with van der Waals surface area (Å²) < 4.78 is 5.06. The monoisotopic (exact) mass is 244 g/mol. The number of nitrogens with zero attached hydrogens (tertiary/aromatic N) is 1. The number of benzene rings is 1. The first kappa shape index (κ1) is 12.0. The van der Waals surface area contributed by atoms with Crippen LogP contribution >= 0.6 is 0 Å². The normalized spacial score (nSPS) is 10.0. The van der Waals surface area contributed by atoms with E-state index in [9.17, 15) is 9.59 Å². The Balaban J connectivity index is 1.90. The van der Waals surface area contributed by atoms with Crippen LogP contribution in [0, 0.1) is 0 Å². The average molecular weight is 244 g/mol. The van der Waals surface area contributed by atoms with Gasteiger partial charge >= 0.3 is 5.97 Å². The molecule has 0 spiro atoms. The van der Waals surface area contributed by atoms with E-state index in [-0.39, 0.29) is 24.3 Å². The van der Waals surface area contributed by atoms with Gasteiger partial charge in [-0.1, -0.05) is 30.3 Å². The molecular formula is C13H12N2O3. The fraction of sp³-hybridized carbons (Fsp3) is 0.154. The molecule has 0 saturated heterocycles. The minimum absolute atomic E-state index is 0.122. The Morgan fingerprint density at radius 2 is 2.06 bits per heavy atom. The van der Waals surface area contributed by atoms with Gasteiger partial charge in [0.05, 0.1) is 6.42 Å². The summed E-state index contributed by atoms with van der Waals surface area (Å²) in [6.45, 7) is 0.199. The number of rotatable bonds is 4. The van der Waals surface area contributed by atoms with E-state index in [4.69, 9.17) is 4.74 Å². The van der Waals surface area contributed by atoms with Crippen LogP contribution in [0.25, 0.3) is 0 Å². The van der Waals surface area contributed by atoms with Crippen molar-refractivity contribution in [1.29, 1.82) is 0 Å². The highest BCUT2D eigenvalue weighted by molar-refractivity contribution is 5.71. The molecule has 5 heteroatoms. The van der Waals surface area contributed by atoms with Crippen molar-refractivity contribution in [2.75, 3.05) is 0 Å². The number of aromatic nitrogens is 2. The Morgan fingerprint density at radius 1 is 1.28 bits per heavy atom. The standard InChI is InChI=1S/C13H12N2O3/c16-12(8-11-13(17)15-7-6-14-11)18-9-10-4-2-1-3-5-10/h1-7H,8-9H2,(H,15,17). The average Bonchev–Trinajstić information content (AvgIpc) is 2.40. The maximum absolute atomic E-state index is 11.5. The van der Waals surface area contributed by atoms with Gasteiger partial charge in [-0.2, -0.15) is 0 Å². The molecule has 1 N–H and O–H groups in total. The van der Waals surface area contributed by atoms with E-state index in [0.717, 1.165) is 5.56 Å². The maximum Gasteiger partial charge on any atom is 0.312 e. The summed E-state index contributed by atoms with van der Waals surface area (Å²) in [6, 6.07) is 9.35. The van der Waals surface area contributed by atoms with Crippen LogP contribution < -0.4 is 5.56 Å². The van der Waals surface area contributed by atoms with Gasteiger partial charge in [-0.05, 0) is 5.56 Å². The molecule has 2 rings (SSSR count). The third-order valence-corrected chi connectivity index (χ3v) is 2.34. The number of nitrogens with one attached hydrogen (secondary N) is 1. The molecule has 0 bridgehead atoms. The van der Waals surface area contributed by atoms with Crippen LogP contribution in [0.4, 0.5) is 0 Å². The van der Waals surface area contributed by atoms with Gasteiger partial charge in [-0.15, -0.1) is 0 Å². The third-order valence-electron chi connectivity index (χ3n) is 2.34. The fourth-order valence-corrected chi connectivity index (χ4v) is 1.43. The zero-order chi connectivity index (χ0) is 12.8. The lowest BCUT2D eigenvalue weighted by atomic mass is 10.2. The highest BCUT2D eigenvalue weighted by Gasteiger charge is 2.09. The molecule has 0 aliphatic rings. The number of hydrogen-bond donors (Lipinski definition) is 1. The molecule has 1 aromatic heterocycles. The van der Waals surface area contributed by atoms with Crippen LogP contribution in [0.5, 0.6) is 0 Å². The van der Waals surface area contributed by atoms with Crippen LogP contribution in [0.2, 0.25) is 0 Å². The Labute approximate surface area is 103 Å². The highest BCUT2D eigenvalue weighted by atomic mass is 16.5. The predicted octanol–water partition coefficient (Wildman–Crippen LogP) is 1.06. The fourth-order valence-electron chi connectivity index (χ4n) is 1.43. The van der Waals surface area contributed by atoms with Crippen molar-refractivity contribution in [1.82, 2.24) is 9.97 Å². The van der Waals surface area contributed by atoms with Crippen LogP contribution in [0.1, 0.15) is 11.3 Å². The molecule has 0 aliphatic carbocycles. The molecule has 0 unspecified atom stereocenters. The van der Waals surface area contributed by atoms with Gasteiger partial charge in [0.25, 0.3) is 5.56 Å². The third kappa shape index (κ3) is 3.28. The van der Waals surface area contributed by atoms with Crippen molar-refractivity contribution in [2.24, 2.45) is 0 Å². The zero-order valence-electron chi connectivity index (χ0n) is 9.63. The number of aromatic amines is 1. The largest absolute Gasteiger partial charge is 0.461 e. The van der Waals surface area contributed by atoms with Crippen molar-refractivity contribution in [3.8, 4) is 0 Å². The SMILES string of the molecule is O=C(Cc1ncc[nH]c1=O)OCc1ccccc1. The van der Waals surface area contributed by atoms with Crippen LogP contribution in [-0.2, 0) is 22.6 Å². The Kier molecular flexibility index (Phi) is 3.86. The molecule has 0 saturated carbocycles. The highest BCUT2D eigenvalue weighted by Crippen LogP contribution is 2.01. The van der Waals surface area contributed by atoms with Gasteiger partial charge in [-0.3, -0.25) is 14.6 Å². The van der Waals surface area contributed by atoms with E-state index in [1.165, 1.54) is 12.4 Å². The van der Waals surface area contributed by atoms with Gasteiger partial charge < -0.3 is 9.72 Å². The maximum atomic E-state index is 11.5. The number of carbonyl (C=O) groups is 1. The molecule has 5 nitrogen and oxygen atoms in total. The summed E-state index contributed by atoms with van der Waals surface area (Å²) >= 11 is 0. The first-order chi connectivity index (χ1) is 8.75. The number of ether oxygens (including phenoxy) is 1. The molecule has 0 aliphatic heterocycles. The number of H-pyrrole nitrogens is 1. The molecule has 0 atom stereocenters. The molecule has 2 aromatic rings. The van der Waals surface area contributed by atoms with E-state index >= 15 is 0 Å². The van der Waals surface area contributed by atoms with E-state index < -0.39 is 5.97 Å². The minimum Gasteiger partial charge on any atom is -0.461 e. The molecule has 92 valence electrons. The Bertz CT molecular complexity index is 578. The predicted molar refractivity (Wildman–Crippen MR) is 64.8 cm³/mol. The summed E-state index contributed by atoms with van der Waals surface area (Å²) in [5.74, 6) is -0.469. The molecule has 0 fully saturated rings. The number of esters is 1. The smallest absolute Gasteiger partial charge is 0.312 e. The quantitative estimate of drug-likeness (QED) is 0.816. The topological polar surface area (TPSA) is 72.0 Å². The van der Waals surface area contributed by atoms with Crippen LogP contribution in [-0.4, -0.2) is 15.9 Å². The van der Waals surface area contributed by atoms with E-state index in [1.54, 1.807) is 0 Å². The summed E-state index contributed by atoms with van der Waals surface area (Å²) in [4.78, 5) is 29.1. The summed E-state index contributed by atoms with van der Waals surface area (Å²) in [5.41, 5.74) is 0.700. The van der Waals surface area contributed by atoms with Gasteiger partial charge in [0.1, 0.15) is 12.3 Å². The molecule has 1 aromatic carbocycles. The molecule has 1 heterocycles. The summed E-state index contributed by atoms with van der Waals surface area (Å²) in [5, 5.41) is 0. The second-order valence-corrected chi connectivity index (χ2v) is 3.69. The van der Waals surface area contributed by atoms with Crippen LogP contribution in [0.15, 0.2) is 47.5 Å². The van der Waals surface area contributed by atoms with E-state index in [0.29, 0.717) is 0 Å². The lowest BCUT2D eigenvalue weighted by Crippen LogP contribution is -2.19. The second kappa shape index (κ2) is 5.77.